The Morgan fingerprint density at radius 1 is 0.931 bits per heavy atom. The van der Waals surface area contributed by atoms with Crippen LogP contribution >= 0.6 is 24.8 Å². The Morgan fingerprint density at radius 3 is 2.24 bits per heavy atom. The van der Waals surface area contributed by atoms with Crippen LogP contribution < -0.4 is 10.1 Å². The van der Waals surface area contributed by atoms with Crippen LogP contribution in [0, 0.1) is 5.92 Å². The lowest BCUT2D eigenvalue weighted by Gasteiger charge is -2.41. The molecule has 0 amide bonds. The van der Waals surface area contributed by atoms with Gasteiger partial charge in [-0.1, -0.05) is 42.5 Å². The van der Waals surface area contributed by atoms with Gasteiger partial charge in [-0.3, -0.25) is 4.90 Å². The molecule has 0 aromatic heterocycles. The molecule has 0 aliphatic carbocycles. The lowest BCUT2D eigenvalue weighted by atomic mass is 9.85. The Kier molecular flexibility index (Phi) is 10.3. The van der Waals surface area contributed by atoms with Crippen molar-refractivity contribution in [1.29, 1.82) is 0 Å². The van der Waals surface area contributed by atoms with E-state index >= 15 is 0 Å². The summed E-state index contributed by atoms with van der Waals surface area (Å²) >= 11 is 0. The molecule has 4 rings (SSSR count). The fraction of sp³-hybridized carbons (Fsp3) is 0.478. The first kappa shape index (κ1) is 24.0. The molecule has 2 aromatic rings. The van der Waals surface area contributed by atoms with Gasteiger partial charge in [0.05, 0.1) is 0 Å². The molecule has 160 valence electrons. The Bertz CT molecular complexity index is 670. The van der Waals surface area contributed by atoms with E-state index in [4.69, 9.17) is 9.47 Å². The van der Waals surface area contributed by atoms with Gasteiger partial charge in [0.1, 0.15) is 12.4 Å². The molecule has 2 heterocycles. The smallest absolute Gasteiger partial charge is 0.119 e. The molecular weight excluding hydrogens is 407 g/mol. The first-order valence-corrected chi connectivity index (χ1v) is 10.2. The number of nitrogens with zero attached hydrogens (tertiary/aromatic N) is 1. The van der Waals surface area contributed by atoms with E-state index in [2.05, 4.69) is 46.6 Å². The topological polar surface area (TPSA) is 33.7 Å². The Balaban J connectivity index is 0.00000150. The zero-order valence-electron chi connectivity index (χ0n) is 16.8. The number of hydrogen-bond donors (Lipinski definition) is 1. The van der Waals surface area contributed by atoms with Gasteiger partial charge in [0.2, 0.25) is 0 Å². The van der Waals surface area contributed by atoms with Gasteiger partial charge in [-0.05, 0) is 42.0 Å². The third-order valence-electron chi connectivity index (χ3n) is 5.73. The van der Waals surface area contributed by atoms with Gasteiger partial charge in [-0.15, -0.1) is 24.8 Å². The molecule has 29 heavy (non-hydrogen) atoms. The van der Waals surface area contributed by atoms with Crippen molar-refractivity contribution in [3.63, 3.8) is 0 Å². The Morgan fingerprint density at radius 2 is 1.59 bits per heavy atom. The van der Waals surface area contributed by atoms with Crippen LogP contribution in [0.4, 0.5) is 0 Å². The van der Waals surface area contributed by atoms with Crippen molar-refractivity contribution in [2.24, 2.45) is 5.92 Å². The SMILES string of the molecule is Cl.Cl.c1ccc(COc2ccc([C@@H](C3CCOCC3)N3CCNCC3)cc2)cc1. The lowest BCUT2D eigenvalue weighted by molar-refractivity contribution is 0.0213. The highest BCUT2D eigenvalue weighted by atomic mass is 35.5. The van der Waals surface area contributed by atoms with E-state index in [-0.39, 0.29) is 24.8 Å². The van der Waals surface area contributed by atoms with E-state index in [0.29, 0.717) is 18.6 Å². The van der Waals surface area contributed by atoms with Gasteiger partial charge in [-0.2, -0.15) is 0 Å². The van der Waals surface area contributed by atoms with Gasteiger partial charge in [-0.25, -0.2) is 0 Å². The van der Waals surface area contributed by atoms with E-state index < -0.39 is 0 Å². The molecule has 2 aliphatic heterocycles. The minimum Gasteiger partial charge on any atom is -0.489 e. The third-order valence-corrected chi connectivity index (χ3v) is 5.73. The second-order valence-corrected chi connectivity index (χ2v) is 7.52. The summed E-state index contributed by atoms with van der Waals surface area (Å²) in [7, 11) is 0. The maximum Gasteiger partial charge on any atom is 0.119 e. The summed E-state index contributed by atoms with van der Waals surface area (Å²) in [6, 6.07) is 19.6. The van der Waals surface area contributed by atoms with Crippen LogP contribution in [0.3, 0.4) is 0 Å². The van der Waals surface area contributed by atoms with Crippen molar-refractivity contribution in [3.05, 3.63) is 65.7 Å². The number of halogens is 2. The number of rotatable bonds is 6. The minimum absolute atomic E-state index is 0. The van der Waals surface area contributed by atoms with Crippen molar-refractivity contribution >= 4 is 24.8 Å². The highest BCUT2D eigenvalue weighted by Gasteiger charge is 2.31. The predicted molar refractivity (Wildman–Crippen MR) is 122 cm³/mol. The van der Waals surface area contributed by atoms with E-state index in [9.17, 15) is 0 Å². The van der Waals surface area contributed by atoms with Gasteiger partial charge in [0.25, 0.3) is 0 Å². The predicted octanol–water partition coefficient (Wildman–Crippen LogP) is 4.48. The first-order valence-electron chi connectivity index (χ1n) is 10.2. The molecule has 0 unspecified atom stereocenters. The van der Waals surface area contributed by atoms with Gasteiger partial charge >= 0.3 is 0 Å². The van der Waals surface area contributed by atoms with Crippen molar-refractivity contribution in [2.75, 3.05) is 39.4 Å². The van der Waals surface area contributed by atoms with Crippen molar-refractivity contribution in [3.8, 4) is 5.75 Å². The summed E-state index contributed by atoms with van der Waals surface area (Å²) in [6.45, 7) is 6.80. The molecule has 2 aromatic carbocycles. The Hall–Kier alpha value is -1.30. The number of piperazine rings is 1. The minimum atomic E-state index is 0. The molecule has 0 spiro atoms. The number of hydrogen-bond acceptors (Lipinski definition) is 4. The summed E-state index contributed by atoms with van der Waals surface area (Å²) in [5, 5.41) is 3.48. The van der Waals surface area contributed by atoms with Crippen LogP contribution in [-0.2, 0) is 11.3 Å². The maximum absolute atomic E-state index is 5.97. The Labute approximate surface area is 186 Å². The van der Waals surface area contributed by atoms with Crippen LogP contribution in [0.1, 0.15) is 30.0 Å². The number of ether oxygens (including phenoxy) is 2. The molecule has 6 heteroatoms. The second kappa shape index (κ2) is 12.4. The summed E-state index contributed by atoms with van der Waals surface area (Å²) in [5.74, 6) is 1.61. The molecule has 2 aliphatic rings. The summed E-state index contributed by atoms with van der Waals surface area (Å²) in [6.07, 6.45) is 2.31. The molecule has 0 bridgehead atoms. The zero-order valence-corrected chi connectivity index (χ0v) is 18.4. The summed E-state index contributed by atoms with van der Waals surface area (Å²) in [5.41, 5.74) is 2.61. The van der Waals surface area contributed by atoms with Crippen LogP contribution in [0.5, 0.6) is 5.75 Å². The molecule has 0 radical (unpaired) electrons. The summed E-state index contributed by atoms with van der Waals surface area (Å²) < 4.78 is 11.6. The van der Waals surface area contributed by atoms with Gasteiger partial charge in [0.15, 0.2) is 0 Å². The number of benzene rings is 2. The average molecular weight is 439 g/mol. The van der Waals surface area contributed by atoms with Crippen LogP contribution in [-0.4, -0.2) is 44.3 Å². The standard InChI is InChI=1S/C23H30N2O2.2ClH/c1-2-4-19(5-3-1)18-27-22-8-6-20(7-9-22)23(21-10-16-26-17-11-21)25-14-12-24-13-15-25;;/h1-9,21,23-24H,10-18H2;2*1H/t23-;;/m0../s1. The average Bonchev–Trinajstić information content (AvgIpc) is 2.76. The van der Waals surface area contributed by atoms with Gasteiger partial charge in [0, 0.05) is 45.4 Å². The summed E-state index contributed by atoms with van der Waals surface area (Å²) in [4.78, 5) is 2.66. The van der Waals surface area contributed by atoms with Gasteiger partial charge < -0.3 is 14.8 Å². The molecule has 4 nitrogen and oxygen atoms in total. The molecular formula is C23H32Cl2N2O2. The highest BCUT2D eigenvalue weighted by Crippen LogP contribution is 2.36. The molecule has 2 saturated heterocycles. The number of nitrogens with one attached hydrogen (secondary N) is 1. The second-order valence-electron chi connectivity index (χ2n) is 7.52. The van der Waals surface area contributed by atoms with E-state index in [0.717, 1.165) is 58.0 Å². The molecule has 0 saturated carbocycles. The normalized spacial score (nSPS) is 18.9. The monoisotopic (exact) mass is 438 g/mol. The van der Waals surface area contributed by atoms with Crippen LogP contribution in [0.15, 0.2) is 54.6 Å². The molecule has 1 atom stereocenters. The largest absolute Gasteiger partial charge is 0.489 e. The fourth-order valence-corrected chi connectivity index (χ4v) is 4.28. The lowest BCUT2D eigenvalue weighted by Crippen LogP contribution is -2.47. The highest BCUT2D eigenvalue weighted by molar-refractivity contribution is 5.85. The van der Waals surface area contributed by atoms with E-state index in [1.165, 1.54) is 11.1 Å². The van der Waals surface area contributed by atoms with Crippen molar-refractivity contribution < 1.29 is 9.47 Å². The molecule has 1 N–H and O–H groups in total. The zero-order chi connectivity index (χ0) is 18.3. The quantitative estimate of drug-likeness (QED) is 0.720. The third kappa shape index (κ3) is 6.59. The van der Waals surface area contributed by atoms with Crippen molar-refractivity contribution in [1.82, 2.24) is 10.2 Å². The van der Waals surface area contributed by atoms with Crippen LogP contribution in [0.25, 0.3) is 0 Å². The van der Waals surface area contributed by atoms with E-state index in [1.807, 2.05) is 18.2 Å². The van der Waals surface area contributed by atoms with Crippen molar-refractivity contribution in [2.45, 2.75) is 25.5 Å². The maximum atomic E-state index is 5.97. The molecule has 2 fully saturated rings. The first-order chi connectivity index (χ1) is 13.4. The van der Waals surface area contributed by atoms with E-state index in [1.54, 1.807) is 0 Å². The fourth-order valence-electron chi connectivity index (χ4n) is 4.28. The van der Waals surface area contributed by atoms with Crippen LogP contribution in [0.2, 0.25) is 0 Å².